The standard InChI is InChI=1S/C12H20OSi/c1-6-12(13-5)10-11-14(7-2,8-3)9-4/h1,12H,7-9H2,2-5H3/t12-/m0/s1. The van der Waals surface area contributed by atoms with Crippen LogP contribution in [0, 0.1) is 23.8 Å². The summed E-state index contributed by atoms with van der Waals surface area (Å²) in [5.41, 5.74) is 3.41. The van der Waals surface area contributed by atoms with E-state index in [-0.39, 0.29) is 6.10 Å². The van der Waals surface area contributed by atoms with E-state index in [4.69, 9.17) is 11.2 Å². The number of methoxy groups -OCH3 is 1. The lowest BCUT2D eigenvalue weighted by Crippen LogP contribution is -2.29. The van der Waals surface area contributed by atoms with Crippen molar-refractivity contribution in [2.24, 2.45) is 0 Å². The van der Waals surface area contributed by atoms with Crippen molar-refractivity contribution in [3.05, 3.63) is 0 Å². The normalized spacial score (nSPS) is 12.5. The van der Waals surface area contributed by atoms with Gasteiger partial charge in [0.15, 0.2) is 6.10 Å². The first-order chi connectivity index (χ1) is 6.67. The molecule has 0 aliphatic rings. The second kappa shape index (κ2) is 6.71. The average molecular weight is 208 g/mol. The van der Waals surface area contributed by atoms with Gasteiger partial charge in [-0.1, -0.05) is 32.6 Å². The lowest BCUT2D eigenvalue weighted by atomic mass is 10.4. The fourth-order valence-electron chi connectivity index (χ4n) is 1.40. The third-order valence-electron chi connectivity index (χ3n) is 2.89. The second-order valence-electron chi connectivity index (χ2n) is 3.39. The summed E-state index contributed by atoms with van der Waals surface area (Å²) in [6, 6.07) is 3.61. The summed E-state index contributed by atoms with van der Waals surface area (Å²) >= 11 is 0. The van der Waals surface area contributed by atoms with Gasteiger partial charge in [-0.2, -0.15) is 0 Å². The fourth-order valence-corrected chi connectivity index (χ4v) is 3.87. The van der Waals surface area contributed by atoms with E-state index in [0.29, 0.717) is 0 Å². The molecule has 1 nitrogen and oxygen atoms in total. The van der Waals surface area contributed by atoms with Crippen LogP contribution in [0.3, 0.4) is 0 Å². The topological polar surface area (TPSA) is 9.23 Å². The third kappa shape index (κ3) is 3.58. The van der Waals surface area contributed by atoms with E-state index in [1.54, 1.807) is 7.11 Å². The van der Waals surface area contributed by atoms with Gasteiger partial charge in [-0.15, -0.1) is 12.0 Å². The molecule has 0 spiro atoms. The molecule has 0 unspecified atom stereocenters. The highest BCUT2D eigenvalue weighted by Crippen LogP contribution is 2.18. The van der Waals surface area contributed by atoms with E-state index < -0.39 is 8.07 Å². The van der Waals surface area contributed by atoms with Crippen molar-refractivity contribution in [2.75, 3.05) is 7.11 Å². The van der Waals surface area contributed by atoms with Crippen LogP contribution in [0.1, 0.15) is 20.8 Å². The summed E-state index contributed by atoms with van der Waals surface area (Å²) < 4.78 is 5.04. The van der Waals surface area contributed by atoms with Crippen LogP contribution < -0.4 is 0 Å². The molecule has 2 heteroatoms. The van der Waals surface area contributed by atoms with Gasteiger partial charge in [-0.05, 0) is 18.1 Å². The molecule has 0 bridgehead atoms. The first-order valence-electron chi connectivity index (χ1n) is 5.19. The van der Waals surface area contributed by atoms with E-state index in [9.17, 15) is 0 Å². The molecule has 0 fully saturated rings. The van der Waals surface area contributed by atoms with Gasteiger partial charge < -0.3 is 4.74 Å². The molecule has 14 heavy (non-hydrogen) atoms. The van der Waals surface area contributed by atoms with Crippen molar-refractivity contribution in [3.8, 4) is 23.8 Å². The van der Waals surface area contributed by atoms with Gasteiger partial charge in [0.25, 0.3) is 0 Å². The zero-order valence-electron chi connectivity index (χ0n) is 9.68. The molecule has 0 aliphatic heterocycles. The van der Waals surface area contributed by atoms with Crippen LogP contribution in [-0.4, -0.2) is 21.3 Å². The molecule has 0 saturated carbocycles. The molecule has 0 aromatic rings. The molecule has 0 radical (unpaired) electrons. The van der Waals surface area contributed by atoms with E-state index in [1.807, 2.05) is 0 Å². The Morgan fingerprint density at radius 2 is 1.71 bits per heavy atom. The molecular weight excluding hydrogens is 188 g/mol. The van der Waals surface area contributed by atoms with Crippen molar-refractivity contribution in [1.82, 2.24) is 0 Å². The first-order valence-corrected chi connectivity index (χ1v) is 7.81. The molecule has 0 N–H and O–H groups in total. The van der Waals surface area contributed by atoms with Crippen molar-refractivity contribution in [3.63, 3.8) is 0 Å². The number of rotatable bonds is 4. The summed E-state index contributed by atoms with van der Waals surface area (Å²) in [6.07, 6.45) is 4.95. The van der Waals surface area contributed by atoms with Gasteiger partial charge in [0, 0.05) is 7.11 Å². The van der Waals surface area contributed by atoms with Crippen LogP contribution in [0.25, 0.3) is 0 Å². The zero-order valence-corrected chi connectivity index (χ0v) is 10.7. The summed E-state index contributed by atoms with van der Waals surface area (Å²) in [6.45, 7) is 6.68. The average Bonchev–Trinajstić information content (AvgIpc) is 2.26. The Hall–Kier alpha value is -0.703. The Balaban J connectivity index is 4.65. The molecule has 0 amide bonds. The van der Waals surface area contributed by atoms with Gasteiger partial charge >= 0.3 is 0 Å². The first kappa shape index (κ1) is 13.3. The lowest BCUT2D eigenvalue weighted by molar-refractivity contribution is 0.191. The summed E-state index contributed by atoms with van der Waals surface area (Å²) in [5, 5.41) is 0. The highest BCUT2D eigenvalue weighted by molar-refractivity contribution is 6.87. The summed E-state index contributed by atoms with van der Waals surface area (Å²) in [7, 11) is 0.254. The van der Waals surface area contributed by atoms with Crippen molar-refractivity contribution >= 4 is 8.07 Å². The molecule has 0 heterocycles. The zero-order chi connectivity index (χ0) is 11.0. The number of terminal acetylenes is 1. The van der Waals surface area contributed by atoms with Crippen LogP contribution in [0.5, 0.6) is 0 Å². The maximum absolute atomic E-state index is 5.27. The SMILES string of the molecule is C#C[C@@H](C#C[Si](CC)(CC)CC)OC. The molecule has 0 aromatic heterocycles. The van der Waals surface area contributed by atoms with Gasteiger partial charge in [-0.3, -0.25) is 0 Å². The van der Waals surface area contributed by atoms with Crippen molar-refractivity contribution < 1.29 is 4.74 Å². The Labute approximate surface area is 89.2 Å². The van der Waals surface area contributed by atoms with Crippen LogP contribution in [-0.2, 0) is 4.74 Å². The van der Waals surface area contributed by atoms with Gasteiger partial charge in [0.1, 0.15) is 8.07 Å². The van der Waals surface area contributed by atoms with E-state index in [0.717, 1.165) is 0 Å². The molecule has 0 saturated heterocycles. The Kier molecular flexibility index (Phi) is 6.37. The maximum atomic E-state index is 5.27. The second-order valence-corrected chi connectivity index (χ2v) is 8.32. The smallest absolute Gasteiger partial charge is 0.178 e. The Bertz CT molecular complexity index is 241. The van der Waals surface area contributed by atoms with Crippen molar-refractivity contribution in [1.29, 1.82) is 0 Å². The molecule has 1 atom stereocenters. The quantitative estimate of drug-likeness (QED) is 0.510. The Morgan fingerprint density at radius 3 is 2.00 bits per heavy atom. The minimum Gasteiger partial charge on any atom is -0.357 e. The molecule has 78 valence electrons. The van der Waals surface area contributed by atoms with Gasteiger partial charge in [0.2, 0.25) is 0 Å². The van der Waals surface area contributed by atoms with Crippen LogP contribution in [0.15, 0.2) is 0 Å². The number of hydrogen-bond donors (Lipinski definition) is 0. The minimum atomic E-state index is -1.35. The van der Waals surface area contributed by atoms with Crippen molar-refractivity contribution in [2.45, 2.75) is 45.0 Å². The van der Waals surface area contributed by atoms with Crippen LogP contribution >= 0.6 is 0 Å². The predicted molar refractivity (Wildman–Crippen MR) is 64.6 cm³/mol. The molecule has 0 aliphatic carbocycles. The van der Waals surface area contributed by atoms with E-state index in [2.05, 4.69) is 38.2 Å². The van der Waals surface area contributed by atoms with E-state index >= 15 is 0 Å². The molecule has 0 aromatic carbocycles. The van der Waals surface area contributed by atoms with Crippen LogP contribution in [0.4, 0.5) is 0 Å². The number of hydrogen-bond acceptors (Lipinski definition) is 1. The monoisotopic (exact) mass is 208 g/mol. The largest absolute Gasteiger partial charge is 0.357 e. The third-order valence-corrected chi connectivity index (χ3v) is 7.62. The lowest BCUT2D eigenvalue weighted by Gasteiger charge is -2.20. The summed E-state index contributed by atoms with van der Waals surface area (Å²) in [4.78, 5) is 0. The number of ether oxygens (including phenoxy) is 1. The van der Waals surface area contributed by atoms with Crippen LogP contribution in [0.2, 0.25) is 18.1 Å². The highest BCUT2D eigenvalue weighted by atomic mass is 28.3. The fraction of sp³-hybridized carbons (Fsp3) is 0.667. The minimum absolute atomic E-state index is 0.327. The summed E-state index contributed by atoms with van der Waals surface area (Å²) in [5.74, 6) is 5.59. The predicted octanol–water partition coefficient (Wildman–Crippen LogP) is 2.69. The van der Waals surface area contributed by atoms with E-state index in [1.165, 1.54) is 18.1 Å². The maximum Gasteiger partial charge on any atom is 0.178 e. The molecule has 0 rings (SSSR count). The van der Waals surface area contributed by atoms with Gasteiger partial charge in [-0.25, -0.2) is 0 Å². The Morgan fingerprint density at radius 1 is 1.21 bits per heavy atom. The van der Waals surface area contributed by atoms with Gasteiger partial charge in [0.05, 0.1) is 0 Å². The highest BCUT2D eigenvalue weighted by Gasteiger charge is 2.24. The molecular formula is C12H20OSi.